The number of rotatable bonds is 4. The van der Waals surface area contributed by atoms with Gasteiger partial charge in [0.2, 0.25) is 0 Å². The van der Waals surface area contributed by atoms with Gasteiger partial charge < -0.3 is 14.3 Å². The maximum atomic E-state index is 13.8. The number of furan rings is 1. The van der Waals surface area contributed by atoms with E-state index >= 15 is 0 Å². The van der Waals surface area contributed by atoms with Crippen LogP contribution >= 0.6 is 24.0 Å². The van der Waals surface area contributed by atoms with Crippen LogP contribution in [0.3, 0.4) is 0 Å². The van der Waals surface area contributed by atoms with Gasteiger partial charge in [0.15, 0.2) is 0 Å². The summed E-state index contributed by atoms with van der Waals surface area (Å²) in [6.07, 6.45) is 1.45. The Labute approximate surface area is 152 Å². The Kier molecular flexibility index (Phi) is 4.73. The lowest BCUT2D eigenvalue weighted by Crippen LogP contribution is -2.48. The highest BCUT2D eigenvalue weighted by molar-refractivity contribution is 8.26. The molecule has 1 aliphatic rings. The second-order valence-electron chi connectivity index (χ2n) is 5.23. The Morgan fingerprint density at radius 2 is 2.08 bits per heavy atom. The van der Waals surface area contributed by atoms with E-state index < -0.39 is 23.7 Å². The first-order valence-electron chi connectivity index (χ1n) is 7.21. The molecule has 1 fully saturated rings. The summed E-state index contributed by atoms with van der Waals surface area (Å²) in [4.78, 5) is 24.6. The monoisotopic (exact) mass is 376 g/mol. The molecule has 0 aliphatic carbocycles. The molecular formula is C17H11FNO4S2-. The number of aliphatic carboxylic acids is 1. The van der Waals surface area contributed by atoms with Crippen LogP contribution in [-0.4, -0.2) is 27.1 Å². The summed E-state index contributed by atoms with van der Waals surface area (Å²) in [5.74, 6) is -1.69. The van der Waals surface area contributed by atoms with E-state index in [1.165, 1.54) is 19.1 Å². The highest BCUT2D eigenvalue weighted by atomic mass is 32.2. The minimum Gasteiger partial charge on any atom is -0.548 e. The van der Waals surface area contributed by atoms with E-state index in [0.29, 0.717) is 17.1 Å². The van der Waals surface area contributed by atoms with Gasteiger partial charge in [-0.1, -0.05) is 36.1 Å². The Hall–Kier alpha value is -2.45. The van der Waals surface area contributed by atoms with Crippen LogP contribution in [0.2, 0.25) is 0 Å². The maximum Gasteiger partial charge on any atom is 0.266 e. The molecule has 1 atom stereocenters. The molecule has 0 bridgehead atoms. The average Bonchev–Trinajstić information content (AvgIpc) is 3.13. The number of nitrogens with zero attached hydrogens (tertiary/aromatic N) is 1. The minimum atomic E-state index is -1.39. The van der Waals surface area contributed by atoms with E-state index in [1.54, 1.807) is 30.3 Å². The summed E-state index contributed by atoms with van der Waals surface area (Å²) < 4.78 is 19.5. The van der Waals surface area contributed by atoms with Crippen LogP contribution in [0.4, 0.5) is 4.39 Å². The molecule has 1 aromatic heterocycles. The summed E-state index contributed by atoms with van der Waals surface area (Å²) in [7, 11) is 0. The van der Waals surface area contributed by atoms with Gasteiger partial charge in [-0.15, -0.1) is 0 Å². The molecule has 0 N–H and O–H groups in total. The molecule has 8 heteroatoms. The lowest BCUT2D eigenvalue weighted by Gasteiger charge is -2.23. The fourth-order valence-electron chi connectivity index (χ4n) is 2.28. The molecule has 3 rings (SSSR count). The van der Waals surface area contributed by atoms with Crippen LogP contribution < -0.4 is 5.11 Å². The lowest BCUT2D eigenvalue weighted by molar-refractivity contribution is -0.309. The number of carboxylic acid groups (broad SMARTS) is 1. The fraction of sp³-hybridized carbons (Fsp3) is 0.118. The predicted octanol–water partition coefficient (Wildman–Crippen LogP) is 2.43. The van der Waals surface area contributed by atoms with Crippen LogP contribution in [0.25, 0.3) is 17.4 Å². The van der Waals surface area contributed by atoms with Crippen molar-refractivity contribution in [2.45, 2.75) is 13.0 Å². The minimum absolute atomic E-state index is 0.133. The number of hydrogen-bond acceptors (Lipinski definition) is 6. The number of hydrogen-bond donors (Lipinski definition) is 0. The van der Waals surface area contributed by atoms with Crippen molar-refractivity contribution < 1.29 is 23.5 Å². The van der Waals surface area contributed by atoms with Gasteiger partial charge in [0, 0.05) is 6.08 Å². The Morgan fingerprint density at radius 3 is 2.76 bits per heavy atom. The van der Waals surface area contributed by atoms with Gasteiger partial charge in [-0.05, 0) is 31.2 Å². The molecule has 1 amide bonds. The van der Waals surface area contributed by atoms with E-state index in [1.807, 2.05) is 0 Å². The van der Waals surface area contributed by atoms with E-state index in [-0.39, 0.29) is 9.23 Å². The number of carbonyl (C=O) groups is 2. The highest BCUT2D eigenvalue weighted by Crippen LogP contribution is 2.35. The van der Waals surface area contributed by atoms with Gasteiger partial charge in [0.05, 0.1) is 22.5 Å². The number of thiocarbonyl (C=S) groups is 1. The summed E-state index contributed by atoms with van der Waals surface area (Å²) >= 11 is 6.04. The third-order valence-electron chi connectivity index (χ3n) is 3.59. The summed E-state index contributed by atoms with van der Waals surface area (Å²) in [6, 6.07) is 8.19. The van der Waals surface area contributed by atoms with Gasteiger partial charge in [-0.2, -0.15) is 0 Å². The SMILES string of the molecule is C[C@@H](C(=O)[O-])N1C(=O)/C(=C/c2ccc(-c3ccccc3F)o2)SC1=S. The van der Waals surface area contributed by atoms with Crippen molar-refractivity contribution in [3.8, 4) is 11.3 Å². The zero-order chi connectivity index (χ0) is 18.1. The molecule has 1 aromatic carbocycles. The second kappa shape index (κ2) is 6.81. The van der Waals surface area contributed by atoms with Crippen LogP contribution in [0, 0.1) is 5.82 Å². The fourth-order valence-corrected chi connectivity index (χ4v) is 3.68. The van der Waals surface area contributed by atoms with Crippen LogP contribution in [0.5, 0.6) is 0 Å². The number of carbonyl (C=O) groups excluding carboxylic acids is 2. The topological polar surface area (TPSA) is 73.6 Å². The highest BCUT2D eigenvalue weighted by Gasteiger charge is 2.36. The zero-order valence-corrected chi connectivity index (χ0v) is 14.5. The smallest absolute Gasteiger partial charge is 0.266 e. The van der Waals surface area contributed by atoms with Crippen molar-refractivity contribution in [3.63, 3.8) is 0 Å². The molecule has 0 unspecified atom stereocenters. The summed E-state index contributed by atoms with van der Waals surface area (Å²) in [5.41, 5.74) is 0.306. The van der Waals surface area contributed by atoms with Gasteiger partial charge in [-0.3, -0.25) is 9.69 Å². The first kappa shape index (κ1) is 17.4. The van der Waals surface area contributed by atoms with E-state index in [2.05, 4.69) is 0 Å². The molecule has 5 nitrogen and oxygen atoms in total. The van der Waals surface area contributed by atoms with Crippen molar-refractivity contribution in [1.82, 2.24) is 4.90 Å². The van der Waals surface area contributed by atoms with Crippen LogP contribution in [0.1, 0.15) is 12.7 Å². The molecule has 0 saturated carbocycles. The Morgan fingerprint density at radius 1 is 1.36 bits per heavy atom. The summed E-state index contributed by atoms with van der Waals surface area (Å²) in [6.45, 7) is 1.33. The van der Waals surface area contributed by atoms with Crippen molar-refractivity contribution in [3.05, 3.63) is 52.9 Å². The van der Waals surface area contributed by atoms with Gasteiger partial charge in [0.25, 0.3) is 5.91 Å². The molecule has 0 radical (unpaired) electrons. The number of amides is 1. The molecule has 2 heterocycles. The quantitative estimate of drug-likeness (QED) is 0.603. The lowest BCUT2D eigenvalue weighted by atomic mass is 10.1. The van der Waals surface area contributed by atoms with Crippen molar-refractivity contribution in [1.29, 1.82) is 0 Å². The second-order valence-corrected chi connectivity index (χ2v) is 6.90. The normalized spacial score (nSPS) is 17.4. The van der Waals surface area contributed by atoms with Gasteiger partial charge in [0.1, 0.15) is 21.7 Å². The number of halogens is 1. The van der Waals surface area contributed by atoms with E-state index in [4.69, 9.17) is 16.6 Å². The third kappa shape index (κ3) is 3.35. The molecule has 1 aliphatic heterocycles. The van der Waals surface area contributed by atoms with Crippen molar-refractivity contribution in [2.24, 2.45) is 0 Å². The van der Waals surface area contributed by atoms with Gasteiger partial charge >= 0.3 is 0 Å². The molecule has 25 heavy (non-hydrogen) atoms. The molecule has 1 saturated heterocycles. The molecule has 128 valence electrons. The zero-order valence-electron chi connectivity index (χ0n) is 12.9. The Balaban J connectivity index is 1.88. The standard InChI is InChI=1S/C17H12FNO4S2/c1-9(16(21)22)19-15(20)14(25-17(19)24)8-10-6-7-13(23-10)11-4-2-3-5-12(11)18/h2-9H,1H3,(H,21,22)/p-1/b14-8-/t9-/m0/s1. The first-order chi connectivity index (χ1) is 11.9. The first-order valence-corrected chi connectivity index (χ1v) is 8.43. The van der Waals surface area contributed by atoms with Crippen LogP contribution in [0.15, 0.2) is 45.7 Å². The molecule has 2 aromatic rings. The van der Waals surface area contributed by atoms with Crippen molar-refractivity contribution >= 4 is 46.3 Å². The van der Waals surface area contributed by atoms with Crippen LogP contribution in [-0.2, 0) is 9.59 Å². The maximum absolute atomic E-state index is 13.8. The van der Waals surface area contributed by atoms with Crippen molar-refractivity contribution in [2.75, 3.05) is 0 Å². The largest absolute Gasteiger partial charge is 0.548 e. The number of thioether (sulfide) groups is 1. The Bertz CT molecular complexity index is 906. The number of carboxylic acids is 1. The third-order valence-corrected chi connectivity index (χ3v) is 4.92. The molecular weight excluding hydrogens is 365 g/mol. The average molecular weight is 376 g/mol. The van der Waals surface area contributed by atoms with E-state index in [0.717, 1.165) is 16.7 Å². The molecule has 0 spiro atoms. The summed E-state index contributed by atoms with van der Waals surface area (Å²) in [5, 5.41) is 11.0. The predicted molar refractivity (Wildman–Crippen MR) is 93.6 cm³/mol. The van der Waals surface area contributed by atoms with Gasteiger partial charge in [-0.25, -0.2) is 4.39 Å². The number of benzene rings is 1. The van der Waals surface area contributed by atoms with E-state index in [9.17, 15) is 19.1 Å².